The summed E-state index contributed by atoms with van der Waals surface area (Å²) in [5, 5.41) is 2.54. The Kier molecular flexibility index (Phi) is 3.95. The number of hydrogen-bond acceptors (Lipinski definition) is 1. The third-order valence-corrected chi connectivity index (χ3v) is 3.69. The number of hydrogen-bond donors (Lipinski definition) is 1. The summed E-state index contributed by atoms with van der Waals surface area (Å²) < 4.78 is 27.3. The van der Waals surface area contributed by atoms with Crippen molar-refractivity contribution < 1.29 is 13.6 Å². The van der Waals surface area contributed by atoms with Crippen molar-refractivity contribution in [1.29, 1.82) is 0 Å². The molecule has 0 atom stereocenters. The van der Waals surface area contributed by atoms with Gasteiger partial charge in [0.05, 0.1) is 11.3 Å². The van der Waals surface area contributed by atoms with Crippen molar-refractivity contribution in [3.05, 3.63) is 63.6 Å². The first-order valence-electron chi connectivity index (χ1n) is 5.51. The number of halogens is 3. The number of nitrogens with one attached hydrogen (secondary N) is 1. The topological polar surface area (TPSA) is 29.1 Å². The molecule has 0 fully saturated rings. The van der Waals surface area contributed by atoms with Crippen LogP contribution >= 0.6 is 15.9 Å². The van der Waals surface area contributed by atoms with Gasteiger partial charge in [0.2, 0.25) is 0 Å². The van der Waals surface area contributed by atoms with Crippen LogP contribution in [0.4, 0.5) is 14.5 Å². The Bertz CT molecular complexity index is 643. The molecule has 1 amide bonds. The highest BCUT2D eigenvalue weighted by Gasteiger charge is 2.16. The van der Waals surface area contributed by atoms with Gasteiger partial charge < -0.3 is 5.32 Å². The van der Waals surface area contributed by atoms with Crippen molar-refractivity contribution in [2.24, 2.45) is 0 Å². The van der Waals surface area contributed by atoms with Gasteiger partial charge in [-0.2, -0.15) is 0 Å². The molecule has 5 heteroatoms. The van der Waals surface area contributed by atoms with Gasteiger partial charge in [-0.15, -0.1) is 0 Å². The number of aryl methyl sites for hydroxylation is 1. The smallest absolute Gasteiger partial charge is 0.258 e. The van der Waals surface area contributed by atoms with E-state index in [1.54, 1.807) is 12.1 Å². The predicted octanol–water partition coefficient (Wildman–Crippen LogP) is 4.29. The molecule has 0 spiro atoms. The molecule has 0 saturated heterocycles. The number of amides is 1. The number of rotatable bonds is 2. The fourth-order valence-corrected chi connectivity index (χ4v) is 1.98. The minimum atomic E-state index is -1.15. The molecule has 1 N–H and O–H groups in total. The van der Waals surface area contributed by atoms with E-state index >= 15 is 0 Å². The second kappa shape index (κ2) is 5.48. The van der Waals surface area contributed by atoms with Crippen LogP contribution < -0.4 is 5.32 Å². The Morgan fingerprint density at radius 2 is 1.84 bits per heavy atom. The van der Waals surface area contributed by atoms with Crippen molar-refractivity contribution in [3.8, 4) is 0 Å². The molecule has 2 aromatic carbocycles. The highest BCUT2D eigenvalue weighted by Crippen LogP contribution is 2.26. The highest BCUT2D eigenvalue weighted by molar-refractivity contribution is 9.10. The third kappa shape index (κ3) is 2.81. The fourth-order valence-electron chi connectivity index (χ4n) is 1.61. The molecule has 98 valence electrons. The van der Waals surface area contributed by atoms with Crippen LogP contribution in [0.15, 0.2) is 40.9 Å². The van der Waals surface area contributed by atoms with Gasteiger partial charge in [0.25, 0.3) is 5.91 Å². The first-order chi connectivity index (χ1) is 9.00. The molecule has 0 aliphatic carbocycles. The quantitative estimate of drug-likeness (QED) is 0.876. The summed E-state index contributed by atoms with van der Waals surface area (Å²) in [6, 6.07) is 8.79. The molecular weight excluding hydrogens is 316 g/mol. The molecule has 2 rings (SSSR count). The van der Waals surface area contributed by atoms with Crippen LogP contribution in [0.5, 0.6) is 0 Å². The largest absolute Gasteiger partial charge is 0.321 e. The van der Waals surface area contributed by atoms with Crippen molar-refractivity contribution in [2.75, 3.05) is 5.32 Å². The molecule has 2 aromatic rings. The van der Waals surface area contributed by atoms with Gasteiger partial charge >= 0.3 is 0 Å². The van der Waals surface area contributed by atoms with Crippen LogP contribution in [0.2, 0.25) is 0 Å². The van der Waals surface area contributed by atoms with Crippen LogP contribution in [0.25, 0.3) is 0 Å². The van der Waals surface area contributed by atoms with E-state index in [1.807, 2.05) is 13.0 Å². The molecule has 0 bridgehead atoms. The molecule has 0 aliphatic heterocycles. The van der Waals surface area contributed by atoms with E-state index in [9.17, 15) is 13.6 Å². The minimum absolute atomic E-state index is 0.326. The zero-order chi connectivity index (χ0) is 14.0. The molecule has 0 aromatic heterocycles. The predicted molar refractivity (Wildman–Crippen MR) is 73.2 cm³/mol. The summed E-state index contributed by atoms with van der Waals surface area (Å²) in [6.07, 6.45) is 0. The summed E-state index contributed by atoms with van der Waals surface area (Å²) >= 11 is 3.33. The lowest BCUT2D eigenvalue weighted by Gasteiger charge is -2.09. The maximum Gasteiger partial charge on any atom is 0.258 e. The molecule has 0 saturated carbocycles. The first-order valence-corrected chi connectivity index (χ1v) is 6.30. The standard InChI is InChI=1S/C14H10BrF2NO/c1-8-4-2-7-11(12(8)15)18-14(19)9-5-3-6-10(16)13(9)17/h2-7H,1H3,(H,18,19). The van der Waals surface area contributed by atoms with E-state index in [0.717, 1.165) is 11.6 Å². The Morgan fingerprint density at radius 3 is 2.58 bits per heavy atom. The van der Waals surface area contributed by atoms with E-state index in [4.69, 9.17) is 0 Å². The van der Waals surface area contributed by atoms with E-state index in [0.29, 0.717) is 10.2 Å². The number of benzene rings is 2. The van der Waals surface area contributed by atoms with E-state index in [2.05, 4.69) is 21.2 Å². The number of carbonyl (C=O) groups is 1. The summed E-state index contributed by atoms with van der Waals surface area (Å²) in [5.41, 5.74) is 1.11. The highest BCUT2D eigenvalue weighted by atomic mass is 79.9. The maximum absolute atomic E-state index is 13.5. The molecular formula is C14H10BrF2NO. The second-order valence-corrected chi connectivity index (χ2v) is 4.78. The fraction of sp³-hybridized carbons (Fsp3) is 0.0714. The van der Waals surface area contributed by atoms with Crippen molar-refractivity contribution in [2.45, 2.75) is 6.92 Å². The van der Waals surface area contributed by atoms with Crippen LogP contribution in [0.1, 0.15) is 15.9 Å². The Labute approximate surface area is 117 Å². The van der Waals surface area contributed by atoms with Crippen LogP contribution in [0.3, 0.4) is 0 Å². The van der Waals surface area contributed by atoms with Crippen LogP contribution in [0, 0.1) is 18.6 Å². The van der Waals surface area contributed by atoms with Gasteiger partial charge in [-0.1, -0.05) is 18.2 Å². The molecule has 2 nitrogen and oxygen atoms in total. The number of anilines is 1. The Hall–Kier alpha value is -1.75. The molecule has 19 heavy (non-hydrogen) atoms. The van der Waals surface area contributed by atoms with Gasteiger partial charge in [0, 0.05) is 4.47 Å². The molecule has 0 unspecified atom stereocenters. The third-order valence-electron chi connectivity index (χ3n) is 2.64. The van der Waals surface area contributed by atoms with Crippen LogP contribution in [-0.4, -0.2) is 5.91 Å². The van der Waals surface area contributed by atoms with Gasteiger partial charge in [-0.25, -0.2) is 8.78 Å². The van der Waals surface area contributed by atoms with Crippen molar-refractivity contribution in [3.63, 3.8) is 0 Å². The van der Waals surface area contributed by atoms with E-state index < -0.39 is 17.5 Å². The lowest BCUT2D eigenvalue weighted by atomic mass is 10.1. The van der Waals surface area contributed by atoms with Gasteiger partial charge in [-0.05, 0) is 46.6 Å². The zero-order valence-electron chi connectivity index (χ0n) is 10.0. The lowest BCUT2D eigenvalue weighted by Crippen LogP contribution is -2.15. The maximum atomic E-state index is 13.5. The molecule has 0 radical (unpaired) electrons. The summed E-state index contributed by atoms with van der Waals surface area (Å²) in [7, 11) is 0. The Morgan fingerprint density at radius 1 is 1.16 bits per heavy atom. The second-order valence-electron chi connectivity index (χ2n) is 3.99. The average molecular weight is 326 g/mol. The SMILES string of the molecule is Cc1cccc(NC(=O)c2cccc(F)c2F)c1Br. The van der Waals surface area contributed by atoms with E-state index in [-0.39, 0.29) is 5.56 Å². The summed E-state index contributed by atoms with van der Waals surface area (Å²) in [4.78, 5) is 11.9. The van der Waals surface area contributed by atoms with Crippen molar-refractivity contribution in [1.82, 2.24) is 0 Å². The number of carbonyl (C=O) groups excluding carboxylic acids is 1. The lowest BCUT2D eigenvalue weighted by molar-refractivity contribution is 0.102. The van der Waals surface area contributed by atoms with Gasteiger partial charge in [-0.3, -0.25) is 4.79 Å². The van der Waals surface area contributed by atoms with Gasteiger partial charge in [0.1, 0.15) is 0 Å². The molecule has 0 aliphatic rings. The zero-order valence-corrected chi connectivity index (χ0v) is 11.6. The van der Waals surface area contributed by atoms with Gasteiger partial charge in [0.15, 0.2) is 11.6 Å². The van der Waals surface area contributed by atoms with Crippen molar-refractivity contribution >= 4 is 27.5 Å². The monoisotopic (exact) mass is 325 g/mol. The van der Waals surface area contributed by atoms with E-state index in [1.165, 1.54) is 12.1 Å². The molecule has 0 heterocycles. The summed E-state index contributed by atoms with van der Waals surface area (Å²) in [6.45, 7) is 1.86. The van der Waals surface area contributed by atoms with Crippen LogP contribution in [-0.2, 0) is 0 Å². The Balaban J connectivity index is 2.31. The minimum Gasteiger partial charge on any atom is -0.321 e. The normalized spacial score (nSPS) is 10.3. The summed E-state index contributed by atoms with van der Waals surface area (Å²) in [5.74, 6) is -2.89. The first kappa shape index (κ1) is 13.7. The average Bonchev–Trinajstić information content (AvgIpc) is 2.38.